The van der Waals surface area contributed by atoms with E-state index in [1.165, 1.54) is 4.90 Å². The lowest BCUT2D eigenvalue weighted by atomic mass is 10.1. The van der Waals surface area contributed by atoms with Gasteiger partial charge in [0.1, 0.15) is 0 Å². The molecule has 2 aromatic rings. The number of benzene rings is 2. The van der Waals surface area contributed by atoms with Crippen molar-refractivity contribution in [2.24, 2.45) is 0 Å². The quantitative estimate of drug-likeness (QED) is 0.469. The molecule has 0 radical (unpaired) electrons. The van der Waals surface area contributed by atoms with E-state index in [0.717, 1.165) is 30.4 Å². The van der Waals surface area contributed by atoms with Gasteiger partial charge in [-0.25, -0.2) is 0 Å². The summed E-state index contributed by atoms with van der Waals surface area (Å²) in [5, 5.41) is 9.10. The Morgan fingerprint density at radius 3 is 2.50 bits per heavy atom. The predicted molar refractivity (Wildman–Crippen MR) is 96.1 cm³/mol. The maximum absolute atomic E-state index is 12.2. The molecule has 0 fully saturated rings. The van der Waals surface area contributed by atoms with Gasteiger partial charge in [-0.1, -0.05) is 67.6 Å². The lowest BCUT2D eigenvalue weighted by molar-refractivity contribution is -0.113. The van der Waals surface area contributed by atoms with Crippen LogP contribution < -0.4 is 4.90 Å². The highest BCUT2D eigenvalue weighted by molar-refractivity contribution is 6.05. The molecule has 120 valence electrons. The summed E-state index contributed by atoms with van der Waals surface area (Å²) in [5.41, 5.74) is 2.42. The zero-order valence-corrected chi connectivity index (χ0v) is 13.8. The van der Waals surface area contributed by atoms with Gasteiger partial charge >= 0.3 is 5.91 Å². The van der Waals surface area contributed by atoms with Crippen LogP contribution in [0.2, 0.25) is 0 Å². The van der Waals surface area contributed by atoms with Crippen LogP contribution in [-0.4, -0.2) is 5.91 Å². The summed E-state index contributed by atoms with van der Waals surface area (Å²) in [4.78, 5) is 13.6. The van der Waals surface area contributed by atoms with Crippen LogP contribution in [0.15, 0.2) is 54.6 Å². The maximum Gasteiger partial charge on any atom is 0.329 e. The van der Waals surface area contributed by atoms with Gasteiger partial charge in [0.05, 0.1) is 12.2 Å². The van der Waals surface area contributed by atoms with Gasteiger partial charge < -0.3 is 0 Å². The van der Waals surface area contributed by atoms with Crippen molar-refractivity contribution >= 4 is 11.6 Å². The Morgan fingerprint density at radius 2 is 1.79 bits per heavy atom. The van der Waals surface area contributed by atoms with E-state index in [2.05, 4.69) is 18.8 Å². The van der Waals surface area contributed by atoms with Crippen molar-refractivity contribution in [3.05, 3.63) is 65.7 Å². The minimum Gasteiger partial charge on any atom is -0.294 e. The number of nitriles is 1. The summed E-state index contributed by atoms with van der Waals surface area (Å²) in [6.45, 7) is 2.48. The molecule has 0 aromatic heterocycles. The zero-order chi connectivity index (χ0) is 17.2. The van der Waals surface area contributed by atoms with Crippen LogP contribution in [0.1, 0.15) is 37.3 Å². The van der Waals surface area contributed by atoms with Gasteiger partial charge in [0.2, 0.25) is 0 Å². The Kier molecular flexibility index (Phi) is 6.62. The summed E-state index contributed by atoms with van der Waals surface area (Å²) in [7, 11) is 0. The van der Waals surface area contributed by atoms with Crippen molar-refractivity contribution in [3.63, 3.8) is 0 Å². The van der Waals surface area contributed by atoms with Crippen LogP contribution in [0, 0.1) is 23.2 Å². The van der Waals surface area contributed by atoms with Crippen LogP contribution in [0.25, 0.3) is 0 Å². The Bertz CT molecular complexity index is 779. The van der Waals surface area contributed by atoms with Crippen LogP contribution in [0.5, 0.6) is 0 Å². The number of carbonyl (C=O) groups excluding carboxylic acids is 1. The van der Waals surface area contributed by atoms with Gasteiger partial charge in [-0.3, -0.25) is 9.69 Å². The van der Waals surface area contributed by atoms with E-state index in [9.17, 15) is 4.79 Å². The van der Waals surface area contributed by atoms with E-state index in [1.54, 1.807) is 6.07 Å². The van der Waals surface area contributed by atoms with Crippen LogP contribution in [0.4, 0.5) is 5.69 Å². The molecule has 0 heterocycles. The summed E-state index contributed by atoms with van der Waals surface area (Å²) >= 11 is 0. The number of hydrogen-bond donors (Lipinski definition) is 0. The molecule has 0 atom stereocenters. The molecule has 2 rings (SSSR count). The lowest BCUT2D eigenvalue weighted by Gasteiger charge is -2.21. The third-order valence-electron chi connectivity index (χ3n) is 3.60. The summed E-state index contributed by atoms with van der Waals surface area (Å²) in [6, 6.07) is 18.8. The van der Waals surface area contributed by atoms with Crippen LogP contribution >= 0.6 is 0 Å². The minimum absolute atomic E-state index is 0.348. The fourth-order valence-corrected chi connectivity index (χ4v) is 2.33. The zero-order valence-electron chi connectivity index (χ0n) is 13.8. The third-order valence-corrected chi connectivity index (χ3v) is 3.60. The number of rotatable bonds is 5. The second-order valence-electron chi connectivity index (χ2n) is 5.41. The van der Waals surface area contributed by atoms with Crippen LogP contribution in [-0.2, 0) is 11.3 Å². The van der Waals surface area contributed by atoms with E-state index in [4.69, 9.17) is 5.26 Å². The number of para-hydroxylation sites is 1. The molecule has 0 N–H and O–H groups in total. The molecule has 0 spiro atoms. The minimum atomic E-state index is -0.582. The Morgan fingerprint density at radius 1 is 1.08 bits per heavy atom. The first-order valence-corrected chi connectivity index (χ1v) is 8.09. The van der Waals surface area contributed by atoms with Crippen molar-refractivity contribution in [3.8, 4) is 17.9 Å². The van der Waals surface area contributed by atoms with Gasteiger partial charge in [-0.2, -0.15) is 5.26 Å². The second-order valence-corrected chi connectivity index (χ2v) is 5.41. The highest BCUT2D eigenvalue weighted by Crippen LogP contribution is 2.22. The SMILES string of the molecule is CCCCC#Cc1ccccc1N(Cc1ccccc1)C(=O)C#N. The molecule has 3 heteroatoms. The summed E-state index contributed by atoms with van der Waals surface area (Å²) < 4.78 is 0. The normalized spacial score (nSPS) is 9.50. The molecule has 2 aromatic carbocycles. The molecular formula is C21H20N2O. The highest BCUT2D eigenvalue weighted by atomic mass is 16.2. The number of unbranched alkanes of at least 4 members (excludes halogenated alkanes) is 2. The van der Waals surface area contributed by atoms with Gasteiger partial charge in [0.15, 0.2) is 6.07 Å². The average Bonchev–Trinajstić information content (AvgIpc) is 2.64. The van der Waals surface area contributed by atoms with E-state index >= 15 is 0 Å². The van der Waals surface area contributed by atoms with E-state index in [1.807, 2.05) is 54.6 Å². The number of amides is 1. The van der Waals surface area contributed by atoms with E-state index in [0.29, 0.717) is 12.2 Å². The van der Waals surface area contributed by atoms with Crippen molar-refractivity contribution in [2.75, 3.05) is 4.90 Å². The smallest absolute Gasteiger partial charge is 0.294 e. The number of hydrogen-bond acceptors (Lipinski definition) is 2. The third kappa shape index (κ3) is 4.73. The number of carbonyl (C=O) groups is 1. The van der Waals surface area contributed by atoms with Gasteiger partial charge in [0.25, 0.3) is 0 Å². The monoisotopic (exact) mass is 316 g/mol. The first-order valence-electron chi connectivity index (χ1n) is 8.09. The van der Waals surface area contributed by atoms with E-state index < -0.39 is 5.91 Å². The summed E-state index contributed by atoms with van der Waals surface area (Å²) in [6.07, 6.45) is 2.99. The molecule has 0 aliphatic carbocycles. The van der Waals surface area contributed by atoms with Crippen molar-refractivity contribution in [1.29, 1.82) is 5.26 Å². The topological polar surface area (TPSA) is 44.1 Å². The van der Waals surface area contributed by atoms with Crippen molar-refractivity contribution in [2.45, 2.75) is 32.7 Å². The van der Waals surface area contributed by atoms with Crippen LogP contribution in [0.3, 0.4) is 0 Å². The molecule has 0 unspecified atom stereocenters. The molecule has 0 bridgehead atoms. The fourth-order valence-electron chi connectivity index (χ4n) is 2.33. The average molecular weight is 316 g/mol. The van der Waals surface area contributed by atoms with Gasteiger partial charge in [-0.15, -0.1) is 0 Å². The predicted octanol–water partition coefficient (Wildman–Crippen LogP) is 4.29. The maximum atomic E-state index is 12.2. The molecule has 24 heavy (non-hydrogen) atoms. The first-order chi connectivity index (χ1) is 11.8. The standard InChI is InChI=1S/C21H20N2O/c1-2-3-4-8-13-19-14-9-10-15-20(19)23(21(24)16-22)17-18-11-6-5-7-12-18/h5-7,9-12,14-15H,2-4,17H2,1H3. The van der Waals surface area contributed by atoms with Gasteiger partial charge in [0, 0.05) is 12.0 Å². The Balaban J connectivity index is 2.34. The highest BCUT2D eigenvalue weighted by Gasteiger charge is 2.18. The van der Waals surface area contributed by atoms with Crippen molar-refractivity contribution in [1.82, 2.24) is 0 Å². The van der Waals surface area contributed by atoms with Crippen molar-refractivity contribution < 1.29 is 4.79 Å². The van der Waals surface area contributed by atoms with Gasteiger partial charge in [-0.05, 0) is 24.1 Å². The second kappa shape index (κ2) is 9.18. The first kappa shape index (κ1) is 17.3. The Labute approximate surface area is 143 Å². The lowest BCUT2D eigenvalue weighted by Crippen LogP contribution is -2.29. The molecule has 0 aliphatic heterocycles. The fraction of sp³-hybridized carbons (Fsp3) is 0.238. The molecule has 0 aliphatic rings. The largest absolute Gasteiger partial charge is 0.329 e. The number of nitrogens with zero attached hydrogens (tertiary/aromatic N) is 2. The van der Waals surface area contributed by atoms with E-state index in [-0.39, 0.29) is 0 Å². The Hall–Kier alpha value is -3.04. The number of anilines is 1. The molecule has 0 saturated carbocycles. The molecule has 3 nitrogen and oxygen atoms in total. The molecule has 1 amide bonds. The summed E-state index contributed by atoms with van der Waals surface area (Å²) in [5.74, 6) is 5.71. The molecule has 0 saturated heterocycles. The molecular weight excluding hydrogens is 296 g/mol.